The van der Waals surface area contributed by atoms with Gasteiger partial charge in [-0.25, -0.2) is 4.98 Å². The number of amides is 2. The lowest BCUT2D eigenvalue weighted by Crippen LogP contribution is -2.28. The number of hydrogen-bond donors (Lipinski definition) is 2. The summed E-state index contributed by atoms with van der Waals surface area (Å²) in [5.74, 6) is -0.302. The molecule has 1 aromatic heterocycles. The first-order valence-electron chi connectivity index (χ1n) is 10.3. The van der Waals surface area contributed by atoms with Crippen LogP contribution in [0.5, 0.6) is 5.75 Å². The smallest absolute Gasteiger partial charge is 0.271 e. The van der Waals surface area contributed by atoms with E-state index in [0.717, 1.165) is 4.57 Å². The summed E-state index contributed by atoms with van der Waals surface area (Å²) in [6, 6.07) is 17.0. The molecule has 0 atom stereocenters. The number of carbonyl (C=O) groups is 2. The Morgan fingerprint density at radius 2 is 1.80 bits per heavy atom. The molecule has 35 heavy (non-hydrogen) atoms. The number of para-hydroxylation sites is 2. The Balaban J connectivity index is 1.42. The van der Waals surface area contributed by atoms with Gasteiger partial charge in [0.05, 0.1) is 35.0 Å². The zero-order chi connectivity index (χ0) is 24.9. The molecule has 0 aliphatic heterocycles. The highest BCUT2D eigenvalue weighted by molar-refractivity contribution is 6.05. The number of rotatable bonds is 7. The summed E-state index contributed by atoms with van der Waals surface area (Å²) < 4.78 is 6.33. The Kier molecular flexibility index (Phi) is 6.49. The van der Waals surface area contributed by atoms with Crippen molar-refractivity contribution in [1.82, 2.24) is 9.55 Å². The van der Waals surface area contributed by atoms with Crippen molar-refractivity contribution < 1.29 is 19.2 Å². The van der Waals surface area contributed by atoms with Crippen molar-refractivity contribution in [3.63, 3.8) is 0 Å². The summed E-state index contributed by atoms with van der Waals surface area (Å²) in [7, 11) is 1.51. The number of nitro benzene ring substituents is 1. The molecule has 0 saturated heterocycles. The Bertz CT molecular complexity index is 1500. The van der Waals surface area contributed by atoms with Crippen LogP contribution in [0.3, 0.4) is 0 Å². The molecular formula is C24H19N5O6. The highest BCUT2D eigenvalue weighted by atomic mass is 16.6. The predicted molar refractivity (Wildman–Crippen MR) is 129 cm³/mol. The van der Waals surface area contributed by atoms with Gasteiger partial charge in [-0.3, -0.25) is 29.1 Å². The van der Waals surface area contributed by atoms with E-state index in [0.29, 0.717) is 22.7 Å². The van der Waals surface area contributed by atoms with Gasteiger partial charge < -0.3 is 15.4 Å². The van der Waals surface area contributed by atoms with Crippen LogP contribution in [-0.4, -0.2) is 33.4 Å². The molecule has 0 bridgehead atoms. The van der Waals surface area contributed by atoms with E-state index in [-0.39, 0.29) is 29.0 Å². The van der Waals surface area contributed by atoms with E-state index in [1.54, 1.807) is 48.5 Å². The number of methoxy groups -OCH3 is 1. The van der Waals surface area contributed by atoms with Crippen LogP contribution < -0.4 is 20.9 Å². The topological polar surface area (TPSA) is 145 Å². The van der Waals surface area contributed by atoms with E-state index in [9.17, 15) is 24.5 Å². The van der Waals surface area contributed by atoms with Gasteiger partial charge in [-0.05, 0) is 42.5 Å². The standard InChI is InChI=1S/C24H19N5O6/c1-35-21-5-3-2-4-19(21)27-23(31)15-6-8-16(9-7-15)26-22(30)13-28-14-25-20-12-17(29(33)34)10-11-18(20)24(28)32/h2-12,14H,13H2,1H3,(H,26,30)(H,27,31). The van der Waals surface area contributed by atoms with Crippen LogP contribution >= 0.6 is 0 Å². The Labute approximate surface area is 198 Å². The third-order valence-corrected chi connectivity index (χ3v) is 5.12. The highest BCUT2D eigenvalue weighted by Gasteiger charge is 2.13. The molecule has 2 amide bonds. The lowest BCUT2D eigenvalue weighted by molar-refractivity contribution is -0.384. The zero-order valence-electron chi connectivity index (χ0n) is 18.4. The second-order valence-corrected chi connectivity index (χ2v) is 7.42. The van der Waals surface area contributed by atoms with Gasteiger partial charge in [0.15, 0.2) is 0 Å². The highest BCUT2D eigenvalue weighted by Crippen LogP contribution is 2.24. The molecule has 11 heteroatoms. The molecule has 0 aliphatic rings. The van der Waals surface area contributed by atoms with Crippen LogP contribution in [0, 0.1) is 10.1 Å². The van der Waals surface area contributed by atoms with Crippen LogP contribution in [0.4, 0.5) is 17.1 Å². The number of nitrogens with zero attached hydrogens (tertiary/aromatic N) is 3. The second-order valence-electron chi connectivity index (χ2n) is 7.42. The van der Waals surface area contributed by atoms with Gasteiger partial charge in [0, 0.05) is 23.4 Å². The van der Waals surface area contributed by atoms with Crippen LogP contribution in [0.1, 0.15) is 10.4 Å². The van der Waals surface area contributed by atoms with E-state index < -0.39 is 16.4 Å². The number of aromatic nitrogens is 2. The molecule has 3 aromatic carbocycles. The number of fused-ring (bicyclic) bond motifs is 1. The maximum Gasteiger partial charge on any atom is 0.271 e. The van der Waals surface area contributed by atoms with E-state index in [1.807, 2.05) is 0 Å². The fraction of sp³-hybridized carbons (Fsp3) is 0.0833. The molecule has 0 spiro atoms. The molecule has 0 fully saturated rings. The zero-order valence-corrected chi connectivity index (χ0v) is 18.4. The minimum atomic E-state index is -0.576. The monoisotopic (exact) mass is 473 g/mol. The van der Waals surface area contributed by atoms with E-state index in [1.165, 1.54) is 31.6 Å². The first kappa shape index (κ1) is 23.1. The summed E-state index contributed by atoms with van der Waals surface area (Å²) in [6.45, 7) is -0.311. The van der Waals surface area contributed by atoms with Gasteiger partial charge in [-0.2, -0.15) is 0 Å². The summed E-state index contributed by atoms with van der Waals surface area (Å²) in [6.07, 6.45) is 1.17. The van der Waals surface area contributed by atoms with Gasteiger partial charge in [-0.15, -0.1) is 0 Å². The molecule has 0 aliphatic carbocycles. The molecule has 4 aromatic rings. The van der Waals surface area contributed by atoms with Gasteiger partial charge >= 0.3 is 0 Å². The van der Waals surface area contributed by atoms with Gasteiger partial charge in [0.1, 0.15) is 12.3 Å². The van der Waals surface area contributed by atoms with Crippen molar-refractivity contribution in [2.75, 3.05) is 17.7 Å². The van der Waals surface area contributed by atoms with Gasteiger partial charge in [0.2, 0.25) is 5.91 Å². The quantitative estimate of drug-likeness (QED) is 0.310. The van der Waals surface area contributed by atoms with Crippen molar-refractivity contribution in [1.29, 1.82) is 0 Å². The lowest BCUT2D eigenvalue weighted by atomic mass is 10.2. The number of benzene rings is 3. The molecule has 0 saturated carbocycles. The summed E-state index contributed by atoms with van der Waals surface area (Å²) in [4.78, 5) is 52.0. The first-order chi connectivity index (χ1) is 16.9. The van der Waals surface area contributed by atoms with Crippen LogP contribution in [0.2, 0.25) is 0 Å². The predicted octanol–water partition coefficient (Wildman–Crippen LogP) is 3.20. The van der Waals surface area contributed by atoms with Crippen LogP contribution in [-0.2, 0) is 11.3 Å². The van der Waals surface area contributed by atoms with Gasteiger partial charge in [0.25, 0.3) is 17.2 Å². The van der Waals surface area contributed by atoms with Gasteiger partial charge in [-0.1, -0.05) is 12.1 Å². The molecule has 0 unspecified atom stereocenters. The largest absolute Gasteiger partial charge is 0.495 e. The number of anilines is 2. The molecular weight excluding hydrogens is 454 g/mol. The fourth-order valence-electron chi connectivity index (χ4n) is 3.38. The minimum absolute atomic E-state index is 0.163. The number of hydrogen-bond acceptors (Lipinski definition) is 7. The van der Waals surface area contributed by atoms with E-state index in [4.69, 9.17) is 4.74 Å². The third kappa shape index (κ3) is 5.14. The van der Waals surface area contributed by atoms with Crippen molar-refractivity contribution in [2.45, 2.75) is 6.54 Å². The number of ether oxygens (including phenoxy) is 1. The average Bonchev–Trinajstić information content (AvgIpc) is 2.86. The lowest BCUT2D eigenvalue weighted by Gasteiger charge is -2.11. The SMILES string of the molecule is COc1ccccc1NC(=O)c1ccc(NC(=O)Cn2cnc3cc([N+](=O)[O-])ccc3c2=O)cc1. The number of nitro groups is 1. The Morgan fingerprint density at radius 1 is 1.06 bits per heavy atom. The van der Waals surface area contributed by atoms with Crippen molar-refractivity contribution in [2.24, 2.45) is 0 Å². The maximum absolute atomic E-state index is 12.6. The van der Waals surface area contributed by atoms with Crippen molar-refractivity contribution in [3.8, 4) is 5.75 Å². The molecule has 4 rings (SSSR count). The first-order valence-corrected chi connectivity index (χ1v) is 10.3. The fourth-order valence-corrected chi connectivity index (χ4v) is 3.38. The summed E-state index contributed by atoms with van der Waals surface area (Å²) in [5, 5.41) is 16.5. The number of nitrogens with one attached hydrogen (secondary N) is 2. The molecule has 2 N–H and O–H groups in total. The van der Waals surface area contributed by atoms with Crippen molar-refractivity contribution >= 4 is 39.8 Å². The normalized spacial score (nSPS) is 10.5. The second kappa shape index (κ2) is 9.83. The van der Waals surface area contributed by atoms with E-state index in [2.05, 4.69) is 15.6 Å². The van der Waals surface area contributed by atoms with Crippen LogP contribution in [0.25, 0.3) is 10.9 Å². The molecule has 176 valence electrons. The molecule has 1 heterocycles. The molecule has 11 nitrogen and oxygen atoms in total. The van der Waals surface area contributed by atoms with Crippen molar-refractivity contribution in [3.05, 3.63) is 99.1 Å². The van der Waals surface area contributed by atoms with E-state index >= 15 is 0 Å². The summed E-state index contributed by atoms with van der Waals surface area (Å²) >= 11 is 0. The van der Waals surface area contributed by atoms with Crippen LogP contribution in [0.15, 0.2) is 77.9 Å². The number of non-ortho nitro benzene ring substituents is 1. The molecule has 0 radical (unpaired) electrons. The Hall–Kier alpha value is -5.06. The minimum Gasteiger partial charge on any atom is -0.495 e. The number of carbonyl (C=O) groups excluding carboxylic acids is 2. The Morgan fingerprint density at radius 3 is 2.51 bits per heavy atom. The maximum atomic E-state index is 12.6. The summed E-state index contributed by atoms with van der Waals surface area (Å²) in [5.41, 5.74) is 0.826. The third-order valence-electron chi connectivity index (χ3n) is 5.12. The average molecular weight is 473 g/mol.